The van der Waals surface area contributed by atoms with Crippen molar-refractivity contribution in [2.75, 3.05) is 25.0 Å². The van der Waals surface area contributed by atoms with Crippen LogP contribution in [0.3, 0.4) is 0 Å². The quantitative estimate of drug-likeness (QED) is 0.505. The van der Waals surface area contributed by atoms with Crippen LogP contribution in [0.1, 0.15) is 37.0 Å². The van der Waals surface area contributed by atoms with Crippen LogP contribution < -0.4 is 16.0 Å². The van der Waals surface area contributed by atoms with E-state index in [2.05, 4.69) is 16.0 Å². The fourth-order valence-electron chi connectivity index (χ4n) is 3.88. The molecule has 2 aromatic rings. The molecule has 0 bridgehead atoms. The highest BCUT2D eigenvalue weighted by atomic mass is 35.5. The van der Waals surface area contributed by atoms with Crippen molar-refractivity contribution in [2.45, 2.75) is 32.7 Å². The van der Waals surface area contributed by atoms with E-state index in [0.29, 0.717) is 53.8 Å². The van der Waals surface area contributed by atoms with Crippen LogP contribution in [0.15, 0.2) is 48.5 Å². The summed E-state index contributed by atoms with van der Waals surface area (Å²) in [7, 11) is 0. The van der Waals surface area contributed by atoms with Crippen molar-refractivity contribution in [2.24, 2.45) is 11.8 Å². The number of urea groups is 1. The van der Waals surface area contributed by atoms with Gasteiger partial charge in [0.25, 0.3) is 5.91 Å². The molecule has 34 heavy (non-hydrogen) atoms. The molecule has 1 atom stereocenters. The molecular weight excluding hydrogens is 475 g/mol. The molecule has 182 valence electrons. The number of hydrogen-bond donors (Lipinski definition) is 3. The predicted octanol–water partition coefficient (Wildman–Crippen LogP) is 4.81. The first-order valence-corrected chi connectivity index (χ1v) is 12.1. The van der Waals surface area contributed by atoms with Gasteiger partial charge in [0.05, 0.1) is 10.6 Å². The van der Waals surface area contributed by atoms with Gasteiger partial charge in [-0.2, -0.15) is 0 Å². The number of rotatable bonds is 7. The fourth-order valence-corrected chi connectivity index (χ4v) is 4.29. The summed E-state index contributed by atoms with van der Waals surface area (Å²) >= 11 is 12.2. The third-order valence-corrected chi connectivity index (χ3v) is 6.31. The van der Waals surface area contributed by atoms with Crippen LogP contribution in [0.5, 0.6) is 0 Å². The summed E-state index contributed by atoms with van der Waals surface area (Å²) in [6.45, 7) is 5.46. The highest BCUT2D eigenvalue weighted by molar-refractivity contribution is 6.33. The van der Waals surface area contributed by atoms with E-state index in [9.17, 15) is 14.4 Å². The molecule has 1 aliphatic heterocycles. The second-order valence-electron chi connectivity index (χ2n) is 8.83. The molecule has 0 radical (unpaired) electrons. The van der Waals surface area contributed by atoms with Crippen molar-refractivity contribution >= 4 is 46.7 Å². The van der Waals surface area contributed by atoms with Gasteiger partial charge < -0.3 is 20.9 Å². The number of likely N-dealkylation sites (tertiary alicyclic amines) is 1. The third-order valence-electron chi connectivity index (χ3n) is 5.75. The third kappa shape index (κ3) is 7.11. The molecule has 0 unspecified atom stereocenters. The molecule has 3 rings (SSSR count). The fraction of sp³-hybridized carbons (Fsp3) is 0.400. The van der Waals surface area contributed by atoms with Gasteiger partial charge in [-0.25, -0.2) is 4.79 Å². The Bertz CT molecular complexity index is 1020. The molecule has 1 aliphatic rings. The molecule has 9 heteroatoms. The van der Waals surface area contributed by atoms with Gasteiger partial charge in [-0.05, 0) is 55.0 Å². The maximum Gasteiger partial charge on any atom is 0.321 e. The van der Waals surface area contributed by atoms with Crippen LogP contribution in [0, 0.1) is 11.8 Å². The minimum Gasteiger partial charge on any atom is -0.354 e. The number of nitrogens with one attached hydrogen (secondary N) is 3. The molecule has 0 aliphatic carbocycles. The molecule has 1 heterocycles. The van der Waals surface area contributed by atoms with E-state index in [-0.39, 0.29) is 23.8 Å². The lowest BCUT2D eigenvalue weighted by Gasteiger charge is -2.36. The minimum atomic E-state index is -0.722. The number of amides is 4. The van der Waals surface area contributed by atoms with Crippen LogP contribution in [0.4, 0.5) is 10.5 Å². The number of carbonyl (C=O) groups excluding carboxylic acids is 3. The van der Waals surface area contributed by atoms with Crippen molar-refractivity contribution < 1.29 is 14.4 Å². The monoisotopic (exact) mass is 504 g/mol. The number of hydrogen-bond acceptors (Lipinski definition) is 3. The molecule has 1 fully saturated rings. The SMILES string of the molecule is CC(C)CNC(=O)[C@@H](NC(=O)c1ccccc1Cl)C1CCN(C(=O)Nc2cccc(Cl)c2)CC1. The van der Waals surface area contributed by atoms with Crippen LogP contribution in [-0.4, -0.2) is 48.4 Å². The first-order valence-electron chi connectivity index (χ1n) is 11.4. The van der Waals surface area contributed by atoms with Gasteiger partial charge >= 0.3 is 6.03 Å². The largest absolute Gasteiger partial charge is 0.354 e. The van der Waals surface area contributed by atoms with E-state index in [1.54, 1.807) is 53.4 Å². The first-order chi connectivity index (χ1) is 16.2. The average Bonchev–Trinajstić information content (AvgIpc) is 2.81. The lowest BCUT2D eigenvalue weighted by atomic mass is 9.88. The van der Waals surface area contributed by atoms with E-state index >= 15 is 0 Å². The molecule has 2 aromatic carbocycles. The van der Waals surface area contributed by atoms with E-state index in [4.69, 9.17) is 23.2 Å². The summed E-state index contributed by atoms with van der Waals surface area (Å²) < 4.78 is 0. The zero-order valence-corrected chi connectivity index (χ0v) is 20.8. The normalized spacial score (nSPS) is 15.0. The van der Waals surface area contributed by atoms with Gasteiger partial charge in [-0.1, -0.05) is 55.2 Å². The van der Waals surface area contributed by atoms with Gasteiger partial charge in [-0.3, -0.25) is 9.59 Å². The number of benzene rings is 2. The summed E-state index contributed by atoms with van der Waals surface area (Å²) in [5.74, 6) is -0.456. The smallest absolute Gasteiger partial charge is 0.321 e. The van der Waals surface area contributed by atoms with Gasteiger partial charge in [-0.15, -0.1) is 0 Å². The van der Waals surface area contributed by atoms with Gasteiger partial charge in [0.15, 0.2) is 0 Å². The van der Waals surface area contributed by atoms with Crippen molar-refractivity contribution in [1.29, 1.82) is 0 Å². The lowest BCUT2D eigenvalue weighted by Crippen LogP contribution is -2.54. The Morgan fingerprint density at radius 1 is 1.03 bits per heavy atom. The summed E-state index contributed by atoms with van der Waals surface area (Å²) in [4.78, 5) is 40.3. The summed E-state index contributed by atoms with van der Waals surface area (Å²) in [6, 6.07) is 12.8. The summed E-state index contributed by atoms with van der Waals surface area (Å²) in [6.07, 6.45) is 1.15. The van der Waals surface area contributed by atoms with Crippen LogP contribution in [0.2, 0.25) is 10.0 Å². The molecular formula is C25H30Cl2N4O3. The van der Waals surface area contributed by atoms with Crippen molar-refractivity contribution in [1.82, 2.24) is 15.5 Å². The second kappa shape index (κ2) is 12.1. The van der Waals surface area contributed by atoms with E-state index < -0.39 is 11.9 Å². The highest BCUT2D eigenvalue weighted by Crippen LogP contribution is 2.24. The first kappa shape index (κ1) is 25.8. The molecule has 3 N–H and O–H groups in total. The van der Waals surface area contributed by atoms with E-state index in [1.807, 2.05) is 13.8 Å². The van der Waals surface area contributed by atoms with Gasteiger partial charge in [0, 0.05) is 30.3 Å². The summed E-state index contributed by atoms with van der Waals surface area (Å²) in [5.41, 5.74) is 0.946. The Hall–Kier alpha value is -2.77. The lowest BCUT2D eigenvalue weighted by molar-refractivity contribution is -0.124. The van der Waals surface area contributed by atoms with Crippen LogP contribution in [-0.2, 0) is 4.79 Å². The van der Waals surface area contributed by atoms with Crippen molar-refractivity contribution in [3.63, 3.8) is 0 Å². The van der Waals surface area contributed by atoms with Crippen LogP contribution >= 0.6 is 23.2 Å². The number of piperidine rings is 1. The Labute approximate surface area is 210 Å². The Morgan fingerprint density at radius 3 is 2.38 bits per heavy atom. The van der Waals surface area contributed by atoms with E-state index in [0.717, 1.165) is 0 Å². The van der Waals surface area contributed by atoms with Gasteiger partial charge in [0.1, 0.15) is 6.04 Å². The number of carbonyl (C=O) groups is 3. The second-order valence-corrected chi connectivity index (χ2v) is 9.68. The van der Waals surface area contributed by atoms with Crippen LogP contribution in [0.25, 0.3) is 0 Å². The molecule has 0 saturated carbocycles. The topological polar surface area (TPSA) is 90.5 Å². The van der Waals surface area contributed by atoms with Crippen molar-refractivity contribution in [3.05, 3.63) is 64.1 Å². The average molecular weight is 505 g/mol. The van der Waals surface area contributed by atoms with Crippen molar-refractivity contribution in [3.8, 4) is 0 Å². The molecule has 7 nitrogen and oxygen atoms in total. The van der Waals surface area contributed by atoms with Gasteiger partial charge in [0.2, 0.25) is 5.91 Å². The Kier molecular flexibility index (Phi) is 9.19. The number of anilines is 1. The number of halogens is 2. The molecule has 0 spiro atoms. The molecule has 4 amide bonds. The zero-order chi connectivity index (χ0) is 24.7. The Morgan fingerprint density at radius 2 is 1.74 bits per heavy atom. The predicted molar refractivity (Wildman–Crippen MR) is 135 cm³/mol. The maximum atomic E-state index is 13.0. The number of nitrogens with zero attached hydrogens (tertiary/aromatic N) is 1. The minimum absolute atomic E-state index is 0.117. The molecule has 1 saturated heterocycles. The molecule has 0 aromatic heterocycles. The summed E-state index contributed by atoms with van der Waals surface area (Å²) in [5, 5.41) is 9.54. The van der Waals surface area contributed by atoms with E-state index in [1.165, 1.54) is 0 Å². The Balaban J connectivity index is 1.65. The standard InChI is InChI=1S/C25H30Cl2N4O3/c1-16(2)15-28-24(33)22(30-23(32)20-8-3-4-9-21(20)27)17-10-12-31(13-11-17)25(34)29-19-7-5-6-18(26)14-19/h3-9,14,16-17,22H,10-13,15H2,1-2H3,(H,28,33)(H,29,34)(H,30,32)/t22-/m0/s1. The maximum absolute atomic E-state index is 13.0. The highest BCUT2D eigenvalue weighted by Gasteiger charge is 2.34. The zero-order valence-electron chi connectivity index (χ0n) is 19.3.